The smallest absolute Gasteiger partial charge is 0.268 e. The molecule has 0 fully saturated rings. The van der Waals surface area contributed by atoms with Crippen LogP contribution < -0.4 is 10.5 Å². The number of nitrogens with zero attached hydrogens (tertiary/aromatic N) is 4. The van der Waals surface area contributed by atoms with Crippen LogP contribution in [0.15, 0.2) is 53.5 Å². The lowest BCUT2D eigenvalue weighted by Gasteiger charge is -2.27. The summed E-state index contributed by atoms with van der Waals surface area (Å²) in [4.78, 5) is 47.8. The van der Waals surface area contributed by atoms with E-state index in [9.17, 15) is 23.2 Å². The van der Waals surface area contributed by atoms with Crippen LogP contribution in [0.5, 0.6) is 0 Å². The fourth-order valence-electron chi connectivity index (χ4n) is 4.10. The monoisotopic (exact) mass is 402 g/mol. The zero-order valence-corrected chi connectivity index (χ0v) is 14.9. The minimum Gasteiger partial charge on any atom is -0.268 e. The maximum atomic E-state index is 14.2. The van der Waals surface area contributed by atoms with Gasteiger partial charge < -0.3 is 0 Å². The van der Waals surface area contributed by atoms with Gasteiger partial charge in [0.05, 0.1) is 0 Å². The fourth-order valence-corrected chi connectivity index (χ4v) is 4.10. The van der Waals surface area contributed by atoms with Gasteiger partial charge in [-0.15, -0.1) is 0 Å². The van der Waals surface area contributed by atoms with Crippen molar-refractivity contribution in [1.82, 2.24) is 14.4 Å². The van der Waals surface area contributed by atoms with Gasteiger partial charge in [0.15, 0.2) is 5.65 Å². The van der Waals surface area contributed by atoms with Crippen LogP contribution in [0.3, 0.4) is 0 Å². The molecule has 1 aliphatic rings. The first-order valence-corrected chi connectivity index (χ1v) is 8.87. The van der Waals surface area contributed by atoms with Crippen molar-refractivity contribution in [2.24, 2.45) is 0 Å². The second-order valence-corrected chi connectivity index (χ2v) is 6.86. The van der Waals surface area contributed by atoms with Crippen molar-refractivity contribution in [2.45, 2.75) is 0 Å². The molecule has 9 heteroatoms. The normalized spacial score (nSPS) is 13.9. The van der Waals surface area contributed by atoms with Gasteiger partial charge in [-0.05, 0) is 36.4 Å². The maximum absolute atomic E-state index is 14.2. The number of halogens is 2. The molecule has 0 N–H and O–H groups in total. The molecule has 3 aromatic heterocycles. The van der Waals surface area contributed by atoms with Crippen molar-refractivity contribution < 1.29 is 18.4 Å². The number of carbonyl (C=O) groups excluding carboxylic acids is 2. The molecule has 6 rings (SSSR count). The lowest BCUT2D eigenvalue weighted by Crippen LogP contribution is -2.41. The molecule has 0 saturated heterocycles. The summed E-state index contributed by atoms with van der Waals surface area (Å²) in [6, 6.07) is 10.6. The Balaban J connectivity index is 1.77. The van der Waals surface area contributed by atoms with E-state index < -0.39 is 29.3 Å². The zero-order valence-electron chi connectivity index (χ0n) is 14.9. The highest BCUT2D eigenvalue weighted by atomic mass is 19.2. The molecule has 7 nitrogen and oxygen atoms in total. The minimum absolute atomic E-state index is 0.0567. The van der Waals surface area contributed by atoms with Crippen molar-refractivity contribution in [1.29, 1.82) is 0 Å². The Morgan fingerprint density at radius 3 is 2.17 bits per heavy atom. The molecule has 2 amide bonds. The van der Waals surface area contributed by atoms with Gasteiger partial charge >= 0.3 is 0 Å². The molecule has 0 bridgehead atoms. The van der Waals surface area contributed by atoms with E-state index in [1.165, 1.54) is 36.5 Å². The second kappa shape index (κ2) is 5.41. The summed E-state index contributed by atoms with van der Waals surface area (Å²) in [5, 5.41) is 0.853. The molecule has 0 atom stereocenters. The number of hydrogen-bond acceptors (Lipinski definition) is 5. The molecule has 0 spiro atoms. The summed E-state index contributed by atoms with van der Waals surface area (Å²) < 4.78 is 28.5. The number of pyridine rings is 2. The highest BCUT2D eigenvalue weighted by Crippen LogP contribution is 2.37. The van der Waals surface area contributed by atoms with Gasteiger partial charge in [-0.25, -0.2) is 14.3 Å². The van der Waals surface area contributed by atoms with E-state index in [2.05, 4.69) is 9.97 Å². The molecule has 0 radical (unpaired) electrons. The van der Waals surface area contributed by atoms with E-state index >= 15 is 0 Å². The summed E-state index contributed by atoms with van der Waals surface area (Å²) in [6.07, 6.45) is 1.47. The molecular weight excluding hydrogens is 394 g/mol. The second-order valence-electron chi connectivity index (χ2n) is 6.86. The molecule has 0 aliphatic carbocycles. The van der Waals surface area contributed by atoms with E-state index in [1.807, 2.05) is 0 Å². The van der Waals surface area contributed by atoms with E-state index in [0.717, 1.165) is 4.90 Å². The first kappa shape index (κ1) is 16.7. The van der Waals surface area contributed by atoms with Crippen LogP contribution in [0.1, 0.15) is 20.7 Å². The number of imidazole rings is 1. The Morgan fingerprint density at radius 2 is 1.50 bits per heavy atom. The van der Waals surface area contributed by atoms with Gasteiger partial charge in [0, 0.05) is 38.9 Å². The number of benzene rings is 2. The number of carbonyl (C=O) groups is 2. The Hall–Kier alpha value is -4.27. The predicted octanol–water partition coefficient (Wildman–Crippen LogP) is 2.91. The van der Waals surface area contributed by atoms with Crippen LogP contribution in [-0.4, -0.2) is 26.2 Å². The molecule has 5 aromatic rings. The summed E-state index contributed by atoms with van der Waals surface area (Å²) in [5.74, 6) is -3.82. The number of amides is 2. The van der Waals surface area contributed by atoms with Crippen molar-refractivity contribution in [2.75, 3.05) is 4.90 Å². The first-order valence-electron chi connectivity index (χ1n) is 8.87. The lowest BCUT2D eigenvalue weighted by molar-refractivity contribution is 0.0892. The molecule has 0 unspecified atom stereocenters. The largest absolute Gasteiger partial charge is 0.269 e. The van der Waals surface area contributed by atoms with Crippen molar-refractivity contribution >= 4 is 44.8 Å². The van der Waals surface area contributed by atoms with E-state index in [1.54, 1.807) is 12.1 Å². The third-order valence-electron chi connectivity index (χ3n) is 5.36. The van der Waals surface area contributed by atoms with Crippen molar-refractivity contribution in [3.05, 3.63) is 82.0 Å². The average molecular weight is 402 g/mol. The van der Waals surface area contributed by atoms with Crippen LogP contribution in [0, 0.1) is 11.9 Å². The maximum Gasteiger partial charge on any atom is 0.269 e. The molecule has 4 heterocycles. The number of hydrogen-bond donors (Lipinski definition) is 0. The topological polar surface area (TPSA) is 84.6 Å². The van der Waals surface area contributed by atoms with Gasteiger partial charge in [0.1, 0.15) is 5.82 Å². The molecule has 144 valence electrons. The number of anilines is 1. The Kier molecular flexibility index (Phi) is 3.01. The van der Waals surface area contributed by atoms with E-state index in [-0.39, 0.29) is 44.1 Å². The quantitative estimate of drug-likeness (QED) is 0.403. The van der Waals surface area contributed by atoms with E-state index in [0.29, 0.717) is 4.40 Å². The molecular formula is C21H8F2N4O3. The zero-order chi connectivity index (χ0) is 20.7. The fraction of sp³-hybridized carbons (Fsp3) is 0. The summed E-state index contributed by atoms with van der Waals surface area (Å²) >= 11 is 0. The average Bonchev–Trinajstić information content (AvgIpc) is 3.06. The van der Waals surface area contributed by atoms with Crippen molar-refractivity contribution in [3.63, 3.8) is 0 Å². The standard InChI is InChI=1S/C21H8F2N4O3/c22-16-17(23)27-18(25-16)9-4-5-11-15-12(7-6-10(14(9)15)21(27)30)20(29)26(19(11)28)13-3-1-2-8-24-13/h1-8H. The highest BCUT2D eigenvalue weighted by molar-refractivity contribution is 6.38. The van der Waals surface area contributed by atoms with Gasteiger partial charge in [-0.3, -0.25) is 14.4 Å². The predicted molar refractivity (Wildman–Crippen MR) is 103 cm³/mol. The molecule has 0 saturated carbocycles. The summed E-state index contributed by atoms with van der Waals surface area (Å²) in [5.41, 5.74) is -0.658. The Labute approximate surface area is 165 Å². The van der Waals surface area contributed by atoms with Gasteiger partial charge in [-0.2, -0.15) is 13.8 Å². The first-order chi connectivity index (χ1) is 14.5. The highest BCUT2D eigenvalue weighted by Gasteiger charge is 2.36. The molecule has 2 aromatic carbocycles. The van der Waals surface area contributed by atoms with Crippen LogP contribution in [0.4, 0.5) is 14.6 Å². The third-order valence-corrected chi connectivity index (χ3v) is 5.36. The van der Waals surface area contributed by atoms with Gasteiger partial charge in [0.25, 0.3) is 29.3 Å². The number of fused-ring (bicyclic) bond motifs is 2. The molecule has 30 heavy (non-hydrogen) atoms. The Bertz CT molecular complexity index is 1610. The lowest BCUT2D eigenvalue weighted by atomic mass is 9.90. The molecule has 1 aliphatic heterocycles. The number of rotatable bonds is 1. The van der Waals surface area contributed by atoms with E-state index in [4.69, 9.17) is 0 Å². The van der Waals surface area contributed by atoms with Crippen LogP contribution in [-0.2, 0) is 0 Å². The third kappa shape index (κ3) is 1.84. The van der Waals surface area contributed by atoms with Crippen molar-refractivity contribution in [3.8, 4) is 0 Å². The van der Waals surface area contributed by atoms with Crippen LogP contribution in [0.25, 0.3) is 27.2 Å². The summed E-state index contributed by atoms with van der Waals surface area (Å²) in [6.45, 7) is 0. The van der Waals surface area contributed by atoms with Crippen LogP contribution in [0.2, 0.25) is 0 Å². The minimum atomic E-state index is -1.40. The van der Waals surface area contributed by atoms with Gasteiger partial charge in [0.2, 0.25) is 0 Å². The van der Waals surface area contributed by atoms with Crippen LogP contribution >= 0.6 is 0 Å². The Morgan fingerprint density at radius 1 is 0.800 bits per heavy atom. The summed E-state index contributed by atoms with van der Waals surface area (Å²) in [7, 11) is 0. The van der Waals surface area contributed by atoms with Gasteiger partial charge in [-0.1, -0.05) is 6.07 Å². The number of aromatic nitrogens is 3. The number of imide groups is 1. The SMILES string of the molecule is O=C1c2ccc3c(=O)n4c(F)c(F)nc4c4ccc(c2c34)C(=O)N1c1ccccn1.